The Morgan fingerprint density at radius 3 is 2.43 bits per heavy atom. The van der Waals surface area contributed by atoms with Gasteiger partial charge in [-0.05, 0) is 35.9 Å². The molecule has 23 heavy (non-hydrogen) atoms. The third-order valence-corrected chi connectivity index (χ3v) is 3.56. The molecule has 1 aromatic heterocycles. The van der Waals surface area contributed by atoms with Crippen LogP contribution in [0.2, 0.25) is 0 Å². The second-order valence-corrected chi connectivity index (χ2v) is 5.09. The molecule has 5 nitrogen and oxygen atoms in total. The molecule has 116 valence electrons. The third kappa shape index (κ3) is 3.23. The molecule has 0 amide bonds. The number of methoxy groups -OCH3 is 1. The van der Waals surface area contributed by atoms with Crippen molar-refractivity contribution in [1.29, 1.82) is 0 Å². The smallest absolute Gasteiger partial charge is 0.356 e. The molecule has 0 aliphatic carbocycles. The van der Waals surface area contributed by atoms with Crippen LogP contribution in [0.1, 0.15) is 16.1 Å². The Morgan fingerprint density at radius 2 is 1.83 bits per heavy atom. The minimum Gasteiger partial charge on any atom is -0.497 e. The number of hydrogen-bond donors (Lipinski definition) is 1. The highest BCUT2D eigenvalue weighted by Gasteiger charge is 2.15. The van der Waals surface area contributed by atoms with E-state index in [1.807, 2.05) is 54.6 Å². The summed E-state index contributed by atoms with van der Waals surface area (Å²) in [5.74, 6) is -0.284. The first kappa shape index (κ1) is 14.8. The third-order valence-electron chi connectivity index (χ3n) is 3.56. The average Bonchev–Trinajstić information content (AvgIpc) is 3.00. The van der Waals surface area contributed by atoms with Crippen molar-refractivity contribution < 1.29 is 14.6 Å². The molecule has 0 saturated heterocycles. The van der Waals surface area contributed by atoms with Crippen molar-refractivity contribution in [3.8, 4) is 17.0 Å². The number of rotatable bonds is 5. The van der Waals surface area contributed by atoms with Crippen molar-refractivity contribution >= 4 is 5.97 Å². The van der Waals surface area contributed by atoms with Gasteiger partial charge in [-0.2, -0.15) is 5.10 Å². The Bertz CT molecular complexity index is 808. The van der Waals surface area contributed by atoms with Crippen molar-refractivity contribution in [2.45, 2.75) is 6.54 Å². The van der Waals surface area contributed by atoms with Crippen LogP contribution in [0, 0.1) is 0 Å². The highest BCUT2D eigenvalue weighted by molar-refractivity contribution is 5.87. The van der Waals surface area contributed by atoms with Crippen molar-refractivity contribution in [3.05, 3.63) is 71.9 Å². The van der Waals surface area contributed by atoms with Crippen molar-refractivity contribution in [2.24, 2.45) is 0 Å². The van der Waals surface area contributed by atoms with Gasteiger partial charge in [0.25, 0.3) is 0 Å². The number of aromatic nitrogens is 2. The molecule has 0 atom stereocenters. The first-order valence-electron chi connectivity index (χ1n) is 7.17. The number of carboxylic acid groups (broad SMARTS) is 1. The molecule has 0 aliphatic rings. The molecule has 0 fully saturated rings. The number of aromatic carboxylic acids is 1. The van der Waals surface area contributed by atoms with E-state index in [-0.39, 0.29) is 5.69 Å². The summed E-state index contributed by atoms with van der Waals surface area (Å²) in [5.41, 5.74) is 2.74. The lowest BCUT2D eigenvalue weighted by Crippen LogP contribution is -2.05. The predicted octanol–water partition coefficient (Wildman–Crippen LogP) is 3.31. The van der Waals surface area contributed by atoms with Gasteiger partial charge in [-0.25, -0.2) is 4.79 Å². The van der Waals surface area contributed by atoms with Crippen LogP contribution in [0.5, 0.6) is 5.75 Å². The van der Waals surface area contributed by atoms with Gasteiger partial charge < -0.3 is 9.84 Å². The zero-order valence-corrected chi connectivity index (χ0v) is 12.6. The van der Waals surface area contributed by atoms with Crippen molar-refractivity contribution in [1.82, 2.24) is 9.78 Å². The fourth-order valence-electron chi connectivity index (χ4n) is 2.39. The summed E-state index contributed by atoms with van der Waals surface area (Å²) in [6.45, 7) is 0.509. The van der Waals surface area contributed by atoms with Crippen LogP contribution in [0.25, 0.3) is 11.3 Å². The summed E-state index contributed by atoms with van der Waals surface area (Å²) in [7, 11) is 1.61. The molecule has 3 aromatic rings. The normalized spacial score (nSPS) is 10.5. The fourth-order valence-corrected chi connectivity index (χ4v) is 2.39. The molecule has 3 rings (SSSR count). The topological polar surface area (TPSA) is 64.3 Å². The van der Waals surface area contributed by atoms with E-state index in [9.17, 15) is 9.90 Å². The van der Waals surface area contributed by atoms with Crippen LogP contribution in [-0.4, -0.2) is 28.0 Å². The summed E-state index contributed by atoms with van der Waals surface area (Å²) >= 11 is 0. The first-order chi connectivity index (χ1) is 11.2. The molecule has 0 bridgehead atoms. The van der Waals surface area contributed by atoms with Crippen molar-refractivity contribution in [3.63, 3.8) is 0 Å². The van der Waals surface area contributed by atoms with Gasteiger partial charge >= 0.3 is 5.97 Å². The molecule has 5 heteroatoms. The molecular formula is C18H16N2O3. The van der Waals surface area contributed by atoms with Gasteiger partial charge in [0, 0.05) is 5.56 Å². The van der Waals surface area contributed by atoms with Gasteiger partial charge in [0.05, 0.1) is 19.3 Å². The first-order valence-corrected chi connectivity index (χ1v) is 7.17. The molecule has 0 radical (unpaired) electrons. The zero-order valence-electron chi connectivity index (χ0n) is 12.6. The molecule has 0 saturated carbocycles. The highest BCUT2D eigenvalue weighted by Crippen LogP contribution is 2.24. The maximum absolute atomic E-state index is 11.3. The van der Waals surface area contributed by atoms with E-state index in [0.29, 0.717) is 6.54 Å². The number of benzene rings is 2. The predicted molar refractivity (Wildman–Crippen MR) is 86.7 cm³/mol. The molecule has 0 aliphatic heterocycles. The van der Waals surface area contributed by atoms with E-state index < -0.39 is 5.97 Å². The van der Waals surface area contributed by atoms with Gasteiger partial charge in [0.15, 0.2) is 5.69 Å². The number of carboxylic acids is 1. The van der Waals surface area contributed by atoms with Crippen molar-refractivity contribution in [2.75, 3.05) is 7.11 Å². The van der Waals surface area contributed by atoms with E-state index in [2.05, 4.69) is 5.10 Å². The largest absolute Gasteiger partial charge is 0.497 e. The quantitative estimate of drug-likeness (QED) is 0.785. The van der Waals surface area contributed by atoms with Crippen LogP contribution in [-0.2, 0) is 6.54 Å². The van der Waals surface area contributed by atoms with E-state index >= 15 is 0 Å². The second kappa shape index (κ2) is 6.36. The highest BCUT2D eigenvalue weighted by atomic mass is 16.5. The molecule has 2 aromatic carbocycles. The maximum atomic E-state index is 11.3. The summed E-state index contributed by atoms with van der Waals surface area (Å²) < 4.78 is 6.87. The lowest BCUT2D eigenvalue weighted by atomic mass is 10.1. The van der Waals surface area contributed by atoms with E-state index in [1.165, 1.54) is 0 Å². The Labute approximate surface area is 133 Å². The second-order valence-electron chi connectivity index (χ2n) is 5.09. The number of nitrogens with zero attached hydrogens (tertiary/aromatic N) is 2. The van der Waals surface area contributed by atoms with Gasteiger partial charge in [-0.1, -0.05) is 30.3 Å². The van der Waals surface area contributed by atoms with Gasteiger partial charge in [-0.3, -0.25) is 4.68 Å². The standard InChI is InChI=1S/C18H16N2O3/c1-23-15-9-7-14(8-10-15)17-11-16(18(21)22)19-20(17)12-13-5-3-2-4-6-13/h2-11H,12H2,1H3,(H,21,22). The molecule has 0 unspecified atom stereocenters. The monoisotopic (exact) mass is 308 g/mol. The SMILES string of the molecule is COc1ccc(-c2cc(C(=O)O)nn2Cc2ccccc2)cc1. The lowest BCUT2D eigenvalue weighted by molar-refractivity contribution is 0.0689. The Morgan fingerprint density at radius 1 is 1.13 bits per heavy atom. The molecule has 1 N–H and O–H groups in total. The summed E-state index contributed by atoms with van der Waals surface area (Å²) in [5, 5.41) is 13.4. The molecular weight excluding hydrogens is 292 g/mol. The minimum absolute atomic E-state index is 0.0340. The van der Waals surface area contributed by atoms with Crippen LogP contribution in [0.4, 0.5) is 0 Å². The van der Waals surface area contributed by atoms with Crippen LogP contribution < -0.4 is 4.74 Å². The number of ether oxygens (including phenoxy) is 1. The summed E-state index contributed by atoms with van der Waals surface area (Å²) in [6, 6.07) is 18.9. The van der Waals surface area contributed by atoms with Crippen LogP contribution in [0.15, 0.2) is 60.7 Å². The summed E-state index contributed by atoms with van der Waals surface area (Å²) in [6.07, 6.45) is 0. The van der Waals surface area contributed by atoms with Gasteiger partial charge in [0.2, 0.25) is 0 Å². The zero-order chi connectivity index (χ0) is 16.2. The maximum Gasteiger partial charge on any atom is 0.356 e. The van der Waals surface area contributed by atoms with Crippen LogP contribution in [0.3, 0.4) is 0 Å². The molecule has 0 spiro atoms. The van der Waals surface area contributed by atoms with E-state index in [4.69, 9.17) is 4.74 Å². The molecule has 1 heterocycles. The van der Waals surface area contributed by atoms with E-state index in [0.717, 1.165) is 22.6 Å². The van der Waals surface area contributed by atoms with Gasteiger partial charge in [0.1, 0.15) is 5.75 Å². The Hall–Kier alpha value is -3.08. The van der Waals surface area contributed by atoms with Gasteiger partial charge in [-0.15, -0.1) is 0 Å². The summed E-state index contributed by atoms with van der Waals surface area (Å²) in [4.78, 5) is 11.3. The minimum atomic E-state index is -1.04. The Balaban J connectivity index is 2.01. The van der Waals surface area contributed by atoms with E-state index in [1.54, 1.807) is 17.9 Å². The average molecular weight is 308 g/mol. The lowest BCUT2D eigenvalue weighted by Gasteiger charge is -2.08. The fraction of sp³-hybridized carbons (Fsp3) is 0.111. The van der Waals surface area contributed by atoms with Crippen LogP contribution >= 0.6 is 0 Å². The Kier molecular flexibility index (Phi) is 4.10. The number of hydrogen-bond acceptors (Lipinski definition) is 3. The number of carbonyl (C=O) groups is 1.